The van der Waals surface area contributed by atoms with E-state index in [4.69, 9.17) is 0 Å². The first kappa shape index (κ1) is 14.2. The standard InChI is InChI=1S/C11H18BrN3O2/c1-11(2,3)13-5-4-6-15-7-8(12)9(16)14-10(15)17/h7,13H,4-6H2,1-3H3,(H,14,16,17). The first-order valence-electron chi connectivity index (χ1n) is 5.54. The maximum atomic E-state index is 11.4. The predicted octanol–water partition coefficient (Wildman–Crippen LogP) is 1.08. The normalized spacial score (nSPS) is 11.8. The lowest BCUT2D eigenvalue weighted by Crippen LogP contribution is -2.37. The largest absolute Gasteiger partial charge is 0.328 e. The molecule has 0 amide bonds. The summed E-state index contributed by atoms with van der Waals surface area (Å²) in [5.74, 6) is 0. The van der Waals surface area contributed by atoms with Gasteiger partial charge in [-0.15, -0.1) is 0 Å². The van der Waals surface area contributed by atoms with Crippen LogP contribution in [0.2, 0.25) is 0 Å². The van der Waals surface area contributed by atoms with Crippen molar-refractivity contribution in [2.75, 3.05) is 6.54 Å². The van der Waals surface area contributed by atoms with Crippen molar-refractivity contribution >= 4 is 15.9 Å². The quantitative estimate of drug-likeness (QED) is 0.818. The second kappa shape index (κ2) is 5.64. The van der Waals surface area contributed by atoms with Gasteiger partial charge in [0.05, 0.1) is 4.47 Å². The van der Waals surface area contributed by atoms with Gasteiger partial charge in [0.1, 0.15) is 0 Å². The number of nitrogens with zero attached hydrogens (tertiary/aromatic N) is 1. The summed E-state index contributed by atoms with van der Waals surface area (Å²) in [6, 6.07) is 0. The van der Waals surface area contributed by atoms with Gasteiger partial charge in [0.15, 0.2) is 0 Å². The number of aryl methyl sites for hydroxylation is 1. The van der Waals surface area contributed by atoms with E-state index in [1.807, 2.05) is 0 Å². The van der Waals surface area contributed by atoms with E-state index in [0.717, 1.165) is 13.0 Å². The van der Waals surface area contributed by atoms with Gasteiger partial charge in [-0.1, -0.05) is 0 Å². The SMILES string of the molecule is CC(C)(C)NCCCn1cc(Br)c(=O)[nH]c1=O. The van der Waals surface area contributed by atoms with Gasteiger partial charge in [-0.3, -0.25) is 14.3 Å². The smallest absolute Gasteiger partial charge is 0.312 e. The Morgan fingerprint density at radius 3 is 2.65 bits per heavy atom. The summed E-state index contributed by atoms with van der Waals surface area (Å²) in [5.41, 5.74) is -0.677. The number of nitrogens with one attached hydrogen (secondary N) is 2. The molecular formula is C11H18BrN3O2. The molecule has 1 heterocycles. The van der Waals surface area contributed by atoms with Crippen LogP contribution < -0.4 is 16.6 Å². The zero-order valence-electron chi connectivity index (χ0n) is 10.3. The van der Waals surface area contributed by atoms with Crippen LogP contribution in [0.3, 0.4) is 0 Å². The molecule has 0 aliphatic rings. The molecule has 17 heavy (non-hydrogen) atoms. The van der Waals surface area contributed by atoms with E-state index in [1.54, 1.807) is 0 Å². The highest BCUT2D eigenvalue weighted by Gasteiger charge is 2.07. The number of hydrogen-bond donors (Lipinski definition) is 2. The third kappa shape index (κ3) is 4.87. The molecule has 5 nitrogen and oxygen atoms in total. The lowest BCUT2D eigenvalue weighted by Gasteiger charge is -2.20. The number of halogens is 1. The molecule has 0 saturated heterocycles. The molecule has 0 atom stereocenters. The molecule has 96 valence electrons. The van der Waals surface area contributed by atoms with Crippen LogP contribution in [0.5, 0.6) is 0 Å². The van der Waals surface area contributed by atoms with Crippen LogP contribution in [-0.4, -0.2) is 21.6 Å². The van der Waals surface area contributed by atoms with Gasteiger partial charge in [0, 0.05) is 18.3 Å². The van der Waals surface area contributed by atoms with Crippen LogP contribution in [0.1, 0.15) is 27.2 Å². The molecular weight excluding hydrogens is 286 g/mol. The molecule has 1 rings (SSSR count). The van der Waals surface area contributed by atoms with Crippen LogP contribution >= 0.6 is 15.9 Å². The monoisotopic (exact) mass is 303 g/mol. The zero-order valence-corrected chi connectivity index (χ0v) is 11.9. The van der Waals surface area contributed by atoms with E-state index in [2.05, 4.69) is 47.0 Å². The topological polar surface area (TPSA) is 66.9 Å². The second-order valence-corrected chi connectivity index (χ2v) is 5.81. The van der Waals surface area contributed by atoms with Crippen LogP contribution in [0.25, 0.3) is 0 Å². The number of aromatic amines is 1. The summed E-state index contributed by atoms with van der Waals surface area (Å²) < 4.78 is 1.87. The minimum Gasteiger partial charge on any atom is -0.312 e. The Balaban J connectivity index is 2.56. The van der Waals surface area contributed by atoms with E-state index in [-0.39, 0.29) is 16.8 Å². The van der Waals surface area contributed by atoms with E-state index in [0.29, 0.717) is 11.0 Å². The van der Waals surface area contributed by atoms with Crippen molar-refractivity contribution in [3.05, 3.63) is 31.5 Å². The van der Waals surface area contributed by atoms with E-state index < -0.39 is 0 Å². The molecule has 0 saturated carbocycles. The first-order chi connectivity index (χ1) is 7.79. The van der Waals surface area contributed by atoms with Crippen molar-refractivity contribution in [3.8, 4) is 0 Å². The fraction of sp³-hybridized carbons (Fsp3) is 0.636. The highest BCUT2D eigenvalue weighted by molar-refractivity contribution is 9.10. The van der Waals surface area contributed by atoms with Crippen LogP contribution in [0, 0.1) is 0 Å². The van der Waals surface area contributed by atoms with Crippen LogP contribution in [0.4, 0.5) is 0 Å². The van der Waals surface area contributed by atoms with E-state index >= 15 is 0 Å². The summed E-state index contributed by atoms with van der Waals surface area (Å²) in [6.45, 7) is 7.69. The molecule has 0 radical (unpaired) electrons. The number of rotatable bonds is 4. The minimum atomic E-state index is -0.390. The van der Waals surface area contributed by atoms with Crippen molar-refractivity contribution in [1.82, 2.24) is 14.9 Å². The van der Waals surface area contributed by atoms with Crippen molar-refractivity contribution in [1.29, 1.82) is 0 Å². The van der Waals surface area contributed by atoms with Gasteiger partial charge in [-0.05, 0) is 49.7 Å². The Morgan fingerprint density at radius 2 is 2.06 bits per heavy atom. The van der Waals surface area contributed by atoms with Gasteiger partial charge < -0.3 is 5.32 Å². The Morgan fingerprint density at radius 1 is 1.41 bits per heavy atom. The summed E-state index contributed by atoms with van der Waals surface area (Å²) in [5, 5.41) is 3.34. The molecule has 0 aliphatic heterocycles. The highest BCUT2D eigenvalue weighted by Crippen LogP contribution is 2.00. The zero-order chi connectivity index (χ0) is 13.1. The Kier molecular flexibility index (Phi) is 4.70. The molecule has 0 aliphatic carbocycles. The van der Waals surface area contributed by atoms with Crippen molar-refractivity contribution in [2.24, 2.45) is 0 Å². The van der Waals surface area contributed by atoms with Gasteiger partial charge in [-0.2, -0.15) is 0 Å². The third-order valence-corrected chi connectivity index (χ3v) is 2.76. The minimum absolute atomic E-state index is 0.0799. The van der Waals surface area contributed by atoms with E-state index in [1.165, 1.54) is 10.8 Å². The lowest BCUT2D eigenvalue weighted by atomic mass is 10.1. The average molecular weight is 304 g/mol. The molecule has 0 spiro atoms. The van der Waals surface area contributed by atoms with E-state index in [9.17, 15) is 9.59 Å². The molecule has 2 N–H and O–H groups in total. The fourth-order valence-electron chi connectivity index (χ4n) is 1.36. The molecule has 0 unspecified atom stereocenters. The Labute approximate surface area is 108 Å². The molecule has 0 aromatic carbocycles. The maximum Gasteiger partial charge on any atom is 0.328 e. The maximum absolute atomic E-state index is 11.4. The average Bonchev–Trinajstić information content (AvgIpc) is 2.18. The van der Waals surface area contributed by atoms with Crippen molar-refractivity contribution < 1.29 is 0 Å². The Hall–Kier alpha value is -0.880. The summed E-state index contributed by atoms with van der Waals surface area (Å²) in [4.78, 5) is 24.8. The van der Waals surface area contributed by atoms with Crippen molar-refractivity contribution in [2.45, 2.75) is 39.3 Å². The second-order valence-electron chi connectivity index (χ2n) is 4.96. The number of aromatic nitrogens is 2. The first-order valence-corrected chi connectivity index (χ1v) is 6.33. The molecule has 6 heteroatoms. The van der Waals surface area contributed by atoms with Gasteiger partial charge >= 0.3 is 5.69 Å². The Bertz CT molecular complexity index is 485. The van der Waals surface area contributed by atoms with Gasteiger partial charge in [0.2, 0.25) is 0 Å². The predicted molar refractivity (Wildman–Crippen MR) is 71.4 cm³/mol. The fourth-order valence-corrected chi connectivity index (χ4v) is 1.71. The highest BCUT2D eigenvalue weighted by atomic mass is 79.9. The molecule has 0 fully saturated rings. The summed E-state index contributed by atoms with van der Waals surface area (Å²) in [6.07, 6.45) is 2.36. The number of H-pyrrole nitrogens is 1. The molecule has 0 bridgehead atoms. The molecule has 1 aromatic heterocycles. The third-order valence-electron chi connectivity index (χ3n) is 2.20. The van der Waals surface area contributed by atoms with Crippen molar-refractivity contribution in [3.63, 3.8) is 0 Å². The van der Waals surface area contributed by atoms with Crippen LogP contribution in [0.15, 0.2) is 20.3 Å². The lowest BCUT2D eigenvalue weighted by molar-refractivity contribution is 0.411. The summed E-state index contributed by atoms with van der Waals surface area (Å²) in [7, 11) is 0. The van der Waals surface area contributed by atoms with Gasteiger partial charge in [-0.25, -0.2) is 4.79 Å². The van der Waals surface area contributed by atoms with Crippen LogP contribution in [-0.2, 0) is 6.54 Å². The number of hydrogen-bond acceptors (Lipinski definition) is 3. The summed E-state index contributed by atoms with van der Waals surface area (Å²) >= 11 is 3.10. The molecule has 1 aromatic rings. The van der Waals surface area contributed by atoms with Gasteiger partial charge in [0.25, 0.3) is 5.56 Å².